The lowest BCUT2D eigenvalue weighted by Crippen LogP contribution is -2.53. The molecule has 0 spiro atoms. The molecule has 0 aromatic heterocycles. The molecule has 2 aromatic rings. The van der Waals surface area contributed by atoms with Crippen molar-refractivity contribution in [2.75, 3.05) is 11.9 Å². The molecule has 7 heteroatoms. The number of anilines is 1. The number of allylic oxidation sites excluding steroid dienone is 2. The molecule has 1 heterocycles. The Balaban J connectivity index is 1.34. The van der Waals surface area contributed by atoms with Crippen molar-refractivity contribution in [3.63, 3.8) is 0 Å². The van der Waals surface area contributed by atoms with E-state index in [1.165, 1.54) is 4.90 Å². The van der Waals surface area contributed by atoms with Gasteiger partial charge < -0.3 is 15.4 Å². The van der Waals surface area contributed by atoms with Gasteiger partial charge in [0.25, 0.3) is 0 Å². The smallest absolute Gasteiger partial charge is 0.320 e. The summed E-state index contributed by atoms with van der Waals surface area (Å²) in [6, 6.07) is 16.1. The molecule has 2 aliphatic carbocycles. The standard InChI is InChI=1S/C26H27N3O4/c1-2-33-20-12-10-19(11-13-20)27-26(32)28-21(14-16-6-4-3-5-7-16)29-24(30)22-17-8-9-18(15-17)23(22)25(29)31/h3-13,17-18,21-23H,2,14-15H2,1H3,(H2,27,28,32). The molecule has 5 rings (SSSR count). The third kappa shape index (κ3) is 3.99. The number of carbonyl (C=O) groups is 3. The Bertz CT molecular complexity index is 1050. The first-order chi connectivity index (χ1) is 16.0. The fraction of sp³-hybridized carbons (Fsp3) is 0.346. The van der Waals surface area contributed by atoms with Crippen LogP contribution in [-0.2, 0) is 16.0 Å². The normalized spacial score (nSPS) is 25.8. The van der Waals surface area contributed by atoms with Gasteiger partial charge in [0.15, 0.2) is 0 Å². The predicted molar refractivity (Wildman–Crippen MR) is 123 cm³/mol. The lowest BCUT2D eigenvalue weighted by Gasteiger charge is -2.29. The van der Waals surface area contributed by atoms with E-state index >= 15 is 0 Å². The Morgan fingerprint density at radius 3 is 2.24 bits per heavy atom. The fourth-order valence-corrected chi connectivity index (χ4v) is 5.40. The van der Waals surface area contributed by atoms with Crippen LogP contribution in [-0.4, -0.2) is 35.5 Å². The molecule has 170 valence electrons. The van der Waals surface area contributed by atoms with Gasteiger partial charge in [-0.1, -0.05) is 42.5 Å². The largest absolute Gasteiger partial charge is 0.494 e. The zero-order valence-electron chi connectivity index (χ0n) is 18.4. The van der Waals surface area contributed by atoms with E-state index in [9.17, 15) is 14.4 Å². The van der Waals surface area contributed by atoms with Crippen LogP contribution < -0.4 is 15.4 Å². The molecule has 2 N–H and O–H groups in total. The average molecular weight is 446 g/mol. The lowest BCUT2D eigenvalue weighted by molar-refractivity contribution is -0.143. The van der Waals surface area contributed by atoms with E-state index in [0.717, 1.165) is 12.0 Å². The molecular formula is C26H27N3O4. The number of carbonyl (C=O) groups excluding carboxylic acids is 3. The van der Waals surface area contributed by atoms with Crippen molar-refractivity contribution in [2.24, 2.45) is 23.7 Å². The predicted octanol–water partition coefficient (Wildman–Crippen LogP) is 3.58. The van der Waals surface area contributed by atoms with E-state index in [1.54, 1.807) is 24.3 Å². The van der Waals surface area contributed by atoms with Gasteiger partial charge in [-0.15, -0.1) is 0 Å². The molecule has 5 atom stereocenters. The Morgan fingerprint density at radius 1 is 1.00 bits per heavy atom. The van der Waals surface area contributed by atoms with Crippen LogP contribution in [0.15, 0.2) is 66.7 Å². The van der Waals surface area contributed by atoms with E-state index in [-0.39, 0.29) is 35.5 Å². The second-order valence-corrected chi connectivity index (χ2v) is 8.81. The highest BCUT2D eigenvalue weighted by atomic mass is 16.5. The van der Waals surface area contributed by atoms with Crippen LogP contribution in [0.1, 0.15) is 18.9 Å². The minimum atomic E-state index is -0.764. The number of amides is 4. The molecule has 0 radical (unpaired) electrons. The maximum Gasteiger partial charge on any atom is 0.320 e. The van der Waals surface area contributed by atoms with E-state index in [1.807, 2.05) is 37.3 Å². The summed E-state index contributed by atoms with van der Waals surface area (Å²) in [7, 11) is 0. The number of hydrogen-bond acceptors (Lipinski definition) is 4. The zero-order valence-corrected chi connectivity index (χ0v) is 18.4. The van der Waals surface area contributed by atoms with Gasteiger partial charge in [-0.2, -0.15) is 0 Å². The zero-order chi connectivity index (χ0) is 22.9. The van der Waals surface area contributed by atoms with Crippen molar-refractivity contribution in [3.8, 4) is 5.75 Å². The summed E-state index contributed by atoms with van der Waals surface area (Å²) in [4.78, 5) is 40.9. The van der Waals surface area contributed by atoms with Crippen LogP contribution in [0.25, 0.3) is 0 Å². The summed E-state index contributed by atoms with van der Waals surface area (Å²) in [5.41, 5.74) is 1.52. The van der Waals surface area contributed by atoms with Crippen LogP contribution in [0.4, 0.5) is 10.5 Å². The van der Waals surface area contributed by atoms with Crippen LogP contribution >= 0.6 is 0 Å². The van der Waals surface area contributed by atoms with Gasteiger partial charge in [0.1, 0.15) is 11.9 Å². The molecule has 2 fully saturated rings. The van der Waals surface area contributed by atoms with Crippen molar-refractivity contribution >= 4 is 23.5 Å². The van der Waals surface area contributed by atoms with Crippen molar-refractivity contribution in [1.29, 1.82) is 0 Å². The van der Waals surface area contributed by atoms with Crippen LogP contribution in [0.5, 0.6) is 5.75 Å². The van der Waals surface area contributed by atoms with E-state index in [4.69, 9.17) is 4.74 Å². The van der Waals surface area contributed by atoms with Gasteiger partial charge in [-0.3, -0.25) is 14.5 Å². The Labute approximate surface area is 192 Å². The van der Waals surface area contributed by atoms with E-state index in [2.05, 4.69) is 22.8 Å². The number of nitrogens with zero attached hydrogens (tertiary/aromatic N) is 1. The molecule has 33 heavy (non-hydrogen) atoms. The van der Waals surface area contributed by atoms with Gasteiger partial charge >= 0.3 is 6.03 Å². The number of likely N-dealkylation sites (tertiary alicyclic amines) is 1. The molecule has 1 saturated heterocycles. The van der Waals surface area contributed by atoms with Gasteiger partial charge in [0, 0.05) is 12.1 Å². The Morgan fingerprint density at radius 2 is 1.64 bits per heavy atom. The molecule has 3 aliphatic rings. The first-order valence-electron chi connectivity index (χ1n) is 11.4. The van der Waals surface area contributed by atoms with Gasteiger partial charge in [-0.05, 0) is 55.0 Å². The van der Waals surface area contributed by atoms with Gasteiger partial charge in [-0.25, -0.2) is 4.79 Å². The van der Waals surface area contributed by atoms with Crippen LogP contribution in [0.3, 0.4) is 0 Å². The summed E-state index contributed by atoms with van der Waals surface area (Å²) in [6.07, 6.45) is 4.59. The molecule has 1 aliphatic heterocycles. The number of ether oxygens (including phenoxy) is 1. The van der Waals surface area contributed by atoms with E-state index < -0.39 is 12.2 Å². The van der Waals surface area contributed by atoms with Crippen molar-refractivity contribution in [1.82, 2.24) is 10.2 Å². The highest BCUT2D eigenvalue weighted by molar-refractivity contribution is 6.07. The summed E-state index contributed by atoms with van der Waals surface area (Å²) < 4.78 is 5.43. The minimum Gasteiger partial charge on any atom is -0.494 e. The molecule has 7 nitrogen and oxygen atoms in total. The SMILES string of the molecule is CCOc1ccc(NC(=O)NC(Cc2ccccc2)N2C(=O)C3C4C=CC(C4)C3C2=O)cc1. The average Bonchev–Trinajstić information content (AvgIpc) is 3.49. The summed E-state index contributed by atoms with van der Waals surface area (Å²) in [5.74, 6) is -0.00162. The monoisotopic (exact) mass is 445 g/mol. The fourth-order valence-electron chi connectivity index (χ4n) is 5.40. The van der Waals surface area contributed by atoms with Gasteiger partial charge in [0.2, 0.25) is 11.8 Å². The second kappa shape index (κ2) is 8.73. The first kappa shape index (κ1) is 21.2. The Kier molecular flexibility index (Phi) is 5.62. The van der Waals surface area contributed by atoms with Gasteiger partial charge in [0.05, 0.1) is 18.4 Å². The number of fused-ring (bicyclic) bond motifs is 5. The molecule has 4 amide bonds. The summed E-state index contributed by atoms with van der Waals surface area (Å²) in [6.45, 7) is 2.47. The number of benzene rings is 2. The van der Waals surface area contributed by atoms with Crippen molar-refractivity contribution in [3.05, 3.63) is 72.3 Å². The highest BCUT2D eigenvalue weighted by Crippen LogP contribution is 2.52. The first-order valence-corrected chi connectivity index (χ1v) is 11.4. The summed E-state index contributed by atoms with van der Waals surface area (Å²) >= 11 is 0. The molecular weight excluding hydrogens is 418 g/mol. The number of nitrogens with one attached hydrogen (secondary N) is 2. The highest BCUT2D eigenvalue weighted by Gasteiger charge is 2.60. The molecule has 5 unspecified atom stereocenters. The maximum absolute atomic E-state index is 13.3. The number of urea groups is 1. The quantitative estimate of drug-likeness (QED) is 0.504. The maximum atomic E-state index is 13.3. The Hall–Kier alpha value is -3.61. The lowest BCUT2D eigenvalue weighted by atomic mass is 9.85. The van der Waals surface area contributed by atoms with E-state index in [0.29, 0.717) is 24.5 Å². The van der Waals surface area contributed by atoms with Crippen LogP contribution in [0.2, 0.25) is 0 Å². The number of imide groups is 1. The third-order valence-electron chi connectivity index (χ3n) is 6.81. The van der Waals surface area contributed by atoms with Crippen molar-refractivity contribution in [2.45, 2.75) is 25.9 Å². The number of hydrogen-bond donors (Lipinski definition) is 2. The summed E-state index contributed by atoms with van der Waals surface area (Å²) in [5, 5.41) is 5.67. The number of rotatable bonds is 7. The molecule has 1 saturated carbocycles. The minimum absolute atomic E-state index is 0.122. The van der Waals surface area contributed by atoms with Crippen molar-refractivity contribution < 1.29 is 19.1 Å². The second-order valence-electron chi connectivity index (χ2n) is 8.81. The molecule has 2 aromatic carbocycles. The topological polar surface area (TPSA) is 87.7 Å². The van der Waals surface area contributed by atoms with Crippen LogP contribution in [0, 0.1) is 23.7 Å². The third-order valence-corrected chi connectivity index (χ3v) is 6.81. The molecule has 2 bridgehead atoms.